The molecule has 1 aliphatic rings. The van der Waals surface area contributed by atoms with E-state index in [9.17, 15) is 9.59 Å². The van der Waals surface area contributed by atoms with Gasteiger partial charge in [0.15, 0.2) is 0 Å². The molecule has 2 rings (SSSR count). The Kier molecular flexibility index (Phi) is 5.29. The van der Waals surface area contributed by atoms with Gasteiger partial charge in [0.2, 0.25) is 0 Å². The van der Waals surface area contributed by atoms with Crippen LogP contribution in [0.1, 0.15) is 20.3 Å². The standard InChI is InChI=1S/C16H21ClN2O3/c1-10-6-11(2)9-19(8-10)16(21)15(20)18-12-4-5-14(22-3)13(17)7-12/h4-5,7,10-11H,6,8-9H2,1-3H3,(H,18,20). The van der Waals surface area contributed by atoms with Gasteiger partial charge >= 0.3 is 11.8 Å². The highest BCUT2D eigenvalue weighted by molar-refractivity contribution is 6.39. The summed E-state index contributed by atoms with van der Waals surface area (Å²) in [5, 5.41) is 2.97. The summed E-state index contributed by atoms with van der Waals surface area (Å²) in [7, 11) is 1.52. The molecule has 1 saturated heterocycles. The maximum Gasteiger partial charge on any atom is 0.313 e. The summed E-state index contributed by atoms with van der Waals surface area (Å²) in [6, 6.07) is 4.86. The van der Waals surface area contributed by atoms with Crippen molar-refractivity contribution < 1.29 is 14.3 Å². The summed E-state index contributed by atoms with van der Waals surface area (Å²) in [6.45, 7) is 5.44. The van der Waals surface area contributed by atoms with E-state index < -0.39 is 11.8 Å². The van der Waals surface area contributed by atoms with Gasteiger partial charge in [-0.1, -0.05) is 25.4 Å². The highest BCUT2D eigenvalue weighted by Crippen LogP contribution is 2.27. The zero-order chi connectivity index (χ0) is 16.3. The van der Waals surface area contributed by atoms with Crippen molar-refractivity contribution in [2.75, 3.05) is 25.5 Å². The minimum atomic E-state index is -0.637. The molecular formula is C16H21ClN2O3. The van der Waals surface area contributed by atoms with Gasteiger partial charge in [-0.3, -0.25) is 9.59 Å². The second-order valence-electron chi connectivity index (χ2n) is 5.96. The maximum absolute atomic E-state index is 12.3. The van der Waals surface area contributed by atoms with E-state index in [1.807, 2.05) is 0 Å². The topological polar surface area (TPSA) is 58.6 Å². The number of nitrogens with one attached hydrogen (secondary N) is 1. The van der Waals surface area contributed by atoms with Gasteiger partial charge in [0.25, 0.3) is 0 Å². The number of anilines is 1. The van der Waals surface area contributed by atoms with Crippen LogP contribution in [-0.2, 0) is 9.59 Å². The predicted molar refractivity (Wildman–Crippen MR) is 86.2 cm³/mol. The third-order valence-corrected chi connectivity index (χ3v) is 4.06. The first-order chi connectivity index (χ1) is 10.4. The SMILES string of the molecule is COc1ccc(NC(=O)C(=O)N2CC(C)CC(C)C2)cc1Cl. The summed E-state index contributed by atoms with van der Waals surface area (Å²) >= 11 is 6.01. The number of hydrogen-bond donors (Lipinski definition) is 1. The molecule has 0 aliphatic carbocycles. The fourth-order valence-electron chi connectivity index (χ4n) is 2.90. The molecule has 22 heavy (non-hydrogen) atoms. The molecule has 1 fully saturated rings. The van der Waals surface area contributed by atoms with Crippen molar-refractivity contribution >= 4 is 29.1 Å². The zero-order valence-corrected chi connectivity index (χ0v) is 13.8. The van der Waals surface area contributed by atoms with Gasteiger partial charge in [-0.25, -0.2) is 0 Å². The number of methoxy groups -OCH3 is 1. The summed E-state index contributed by atoms with van der Waals surface area (Å²) in [4.78, 5) is 26.0. The van der Waals surface area contributed by atoms with Gasteiger partial charge in [0.05, 0.1) is 12.1 Å². The Morgan fingerprint density at radius 2 is 1.91 bits per heavy atom. The number of nitrogens with zero attached hydrogens (tertiary/aromatic N) is 1. The number of carbonyl (C=O) groups excluding carboxylic acids is 2. The third-order valence-electron chi connectivity index (χ3n) is 3.76. The molecule has 1 aromatic carbocycles. The van der Waals surface area contributed by atoms with Crippen molar-refractivity contribution in [3.63, 3.8) is 0 Å². The van der Waals surface area contributed by atoms with Gasteiger partial charge < -0.3 is 15.0 Å². The van der Waals surface area contributed by atoms with Gasteiger partial charge in [-0.2, -0.15) is 0 Å². The minimum absolute atomic E-state index is 0.382. The Morgan fingerprint density at radius 3 is 2.45 bits per heavy atom. The van der Waals surface area contributed by atoms with Crippen LogP contribution in [0.4, 0.5) is 5.69 Å². The lowest BCUT2D eigenvalue weighted by Gasteiger charge is -2.34. The molecule has 6 heteroatoms. The van der Waals surface area contributed by atoms with Crippen molar-refractivity contribution in [1.29, 1.82) is 0 Å². The smallest absolute Gasteiger partial charge is 0.313 e. The predicted octanol–water partition coefficient (Wildman–Crippen LogP) is 2.79. The molecule has 5 nitrogen and oxygen atoms in total. The number of benzene rings is 1. The first-order valence-electron chi connectivity index (χ1n) is 7.34. The molecule has 1 N–H and O–H groups in total. The largest absolute Gasteiger partial charge is 0.495 e. The van der Waals surface area contributed by atoms with Crippen molar-refractivity contribution in [1.82, 2.24) is 4.90 Å². The fraction of sp³-hybridized carbons (Fsp3) is 0.500. The Morgan fingerprint density at radius 1 is 1.27 bits per heavy atom. The Bertz CT molecular complexity index is 567. The fourth-order valence-corrected chi connectivity index (χ4v) is 3.16. The number of hydrogen-bond acceptors (Lipinski definition) is 3. The molecule has 0 saturated carbocycles. The first-order valence-corrected chi connectivity index (χ1v) is 7.72. The minimum Gasteiger partial charge on any atom is -0.495 e. The highest BCUT2D eigenvalue weighted by atomic mass is 35.5. The summed E-state index contributed by atoms with van der Waals surface area (Å²) < 4.78 is 5.05. The van der Waals surface area contributed by atoms with E-state index in [4.69, 9.17) is 16.3 Å². The van der Waals surface area contributed by atoms with Crippen LogP contribution in [0, 0.1) is 11.8 Å². The average Bonchev–Trinajstić information content (AvgIpc) is 2.45. The second-order valence-corrected chi connectivity index (χ2v) is 6.37. The molecule has 0 aromatic heterocycles. The molecule has 0 bridgehead atoms. The molecule has 1 aromatic rings. The lowest BCUT2D eigenvalue weighted by atomic mass is 9.92. The first kappa shape index (κ1) is 16.6. The molecule has 0 spiro atoms. The lowest BCUT2D eigenvalue weighted by Crippen LogP contribution is -2.47. The monoisotopic (exact) mass is 324 g/mol. The number of likely N-dealkylation sites (tertiary alicyclic amines) is 1. The van der Waals surface area contributed by atoms with E-state index in [2.05, 4.69) is 19.2 Å². The van der Waals surface area contributed by atoms with Crippen LogP contribution in [0.2, 0.25) is 5.02 Å². The Labute approximate surface area is 135 Å². The van der Waals surface area contributed by atoms with Crippen LogP contribution in [0.15, 0.2) is 18.2 Å². The maximum atomic E-state index is 12.3. The molecular weight excluding hydrogens is 304 g/mol. The molecule has 0 radical (unpaired) electrons. The Balaban J connectivity index is 2.02. The van der Waals surface area contributed by atoms with Gasteiger partial charge in [-0.15, -0.1) is 0 Å². The highest BCUT2D eigenvalue weighted by Gasteiger charge is 2.29. The van der Waals surface area contributed by atoms with Gasteiger partial charge in [0.1, 0.15) is 5.75 Å². The summed E-state index contributed by atoms with van der Waals surface area (Å²) in [6.07, 6.45) is 1.08. The van der Waals surface area contributed by atoms with E-state index in [1.54, 1.807) is 23.1 Å². The number of piperidine rings is 1. The molecule has 2 unspecified atom stereocenters. The Hall–Kier alpha value is -1.75. The van der Waals surface area contributed by atoms with Crippen LogP contribution in [0.5, 0.6) is 5.75 Å². The number of rotatable bonds is 2. The van der Waals surface area contributed by atoms with E-state index in [1.165, 1.54) is 7.11 Å². The van der Waals surface area contributed by atoms with Gasteiger partial charge in [0, 0.05) is 18.8 Å². The molecule has 2 amide bonds. The summed E-state index contributed by atoms with van der Waals surface area (Å²) in [5.74, 6) is 0.212. The van der Waals surface area contributed by atoms with Crippen LogP contribution < -0.4 is 10.1 Å². The number of amides is 2. The molecule has 2 atom stereocenters. The summed E-state index contributed by atoms with van der Waals surface area (Å²) in [5.41, 5.74) is 0.474. The van der Waals surface area contributed by atoms with Crippen LogP contribution in [0.3, 0.4) is 0 Å². The van der Waals surface area contributed by atoms with E-state index in [0.717, 1.165) is 6.42 Å². The van der Waals surface area contributed by atoms with Crippen LogP contribution in [0.25, 0.3) is 0 Å². The zero-order valence-electron chi connectivity index (χ0n) is 13.1. The average molecular weight is 325 g/mol. The normalized spacial score (nSPS) is 21.4. The van der Waals surface area contributed by atoms with Crippen molar-refractivity contribution in [2.45, 2.75) is 20.3 Å². The third kappa shape index (κ3) is 3.91. The van der Waals surface area contributed by atoms with Crippen molar-refractivity contribution in [3.05, 3.63) is 23.2 Å². The molecule has 1 aliphatic heterocycles. The van der Waals surface area contributed by atoms with Crippen molar-refractivity contribution in [3.8, 4) is 5.75 Å². The van der Waals surface area contributed by atoms with E-state index in [0.29, 0.717) is 41.4 Å². The van der Waals surface area contributed by atoms with Crippen LogP contribution >= 0.6 is 11.6 Å². The number of carbonyl (C=O) groups is 2. The van der Waals surface area contributed by atoms with Crippen LogP contribution in [-0.4, -0.2) is 36.9 Å². The lowest BCUT2D eigenvalue weighted by molar-refractivity contribution is -0.144. The number of ether oxygens (including phenoxy) is 1. The van der Waals surface area contributed by atoms with E-state index >= 15 is 0 Å². The van der Waals surface area contributed by atoms with Crippen molar-refractivity contribution in [2.24, 2.45) is 11.8 Å². The second kappa shape index (κ2) is 7.01. The van der Waals surface area contributed by atoms with E-state index in [-0.39, 0.29) is 0 Å². The molecule has 120 valence electrons. The molecule has 1 heterocycles. The number of halogens is 1. The quantitative estimate of drug-likeness (QED) is 0.851. The van der Waals surface area contributed by atoms with Gasteiger partial charge in [-0.05, 0) is 36.5 Å².